The van der Waals surface area contributed by atoms with Gasteiger partial charge in [0.05, 0.1) is 7.11 Å². The van der Waals surface area contributed by atoms with Crippen molar-refractivity contribution in [3.63, 3.8) is 0 Å². The third kappa shape index (κ3) is 2.89. The lowest BCUT2D eigenvalue weighted by molar-refractivity contribution is 0.387. The van der Waals surface area contributed by atoms with Crippen molar-refractivity contribution in [2.75, 3.05) is 7.11 Å². The van der Waals surface area contributed by atoms with Gasteiger partial charge >= 0.3 is 0 Å². The van der Waals surface area contributed by atoms with E-state index in [9.17, 15) is 0 Å². The van der Waals surface area contributed by atoms with Crippen molar-refractivity contribution in [2.24, 2.45) is 5.92 Å². The summed E-state index contributed by atoms with van der Waals surface area (Å²) in [5, 5.41) is 5.97. The summed E-state index contributed by atoms with van der Waals surface area (Å²) < 4.78 is 5.48. The summed E-state index contributed by atoms with van der Waals surface area (Å²) in [7, 11) is 1.74. The molecule has 0 spiro atoms. The zero-order valence-electron chi connectivity index (χ0n) is 12.0. The van der Waals surface area contributed by atoms with Crippen LogP contribution in [0.1, 0.15) is 42.3 Å². The minimum absolute atomic E-state index is 0.291. The highest BCUT2D eigenvalue weighted by Crippen LogP contribution is 2.43. The standard InChI is InChI=1S/C17H21NOS/c1-12(14-6-3-4-7-15(14)19-2)18-17(13-9-10-13)16-8-5-11-20-16/h3-8,11-13,17-18H,9-10H2,1-2H3/t12-,17?/m1/s1. The molecule has 0 saturated heterocycles. The van der Waals surface area contributed by atoms with Gasteiger partial charge < -0.3 is 10.1 Å². The average Bonchev–Trinajstić information content (AvgIpc) is 3.18. The maximum absolute atomic E-state index is 5.48. The first-order valence-electron chi connectivity index (χ1n) is 7.22. The van der Waals surface area contributed by atoms with E-state index in [1.54, 1.807) is 7.11 Å². The molecule has 1 saturated carbocycles. The topological polar surface area (TPSA) is 21.3 Å². The van der Waals surface area contributed by atoms with Crippen LogP contribution in [0.15, 0.2) is 41.8 Å². The van der Waals surface area contributed by atoms with Crippen molar-refractivity contribution >= 4 is 11.3 Å². The lowest BCUT2D eigenvalue weighted by atomic mass is 10.0. The van der Waals surface area contributed by atoms with Crippen LogP contribution >= 0.6 is 11.3 Å². The van der Waals surface area contributed by atoms with Gasteiger partial charge in [0.25, 0.3) is 0 Å². The smallest absolute Gasteiger partial charge is 0.123 e. The molecule has 1 aromatic carbocycles. The lowest BCUT2D eigenvalue weighted by Crippen LogP contribution is -2.25. The van der Waals surface area contributed by atoms with E-state index in [0.717, 1.165) is 11.7 Å². The van der Waals surface area contributed by atoms with Gasteiger partial charge in [-0.25, -0.2) is 0 Å². The SMILES string of the molecule is COc1ccccc1[C@@H](C)NC(c1cccs1)C1CC1. The Labute approximate surface area is 124 Å². The molecule has 106 valence electrons. The number of methoxy groups -OCH3 is 1. The van der Waals surface area contributed by atoms with Crippen LogP contribution < -0.4 is 10.1 Å². The van der Waals surface area contributed by atoms with Crippen LogP contribution in [0, 0.1) is 5.92 Å². The summed E-state index contributed by atoms with van der Waals surface area (Å²) in [6.07, 6.45) is 2.68. The number of hydrogen-bond acceptors (Lipinski definition) is 3. The second-order valence-electron chi connectivity index (χ2n) is 5.46. The van der Waals surface area contributed by atoms with E-state index in [4.69, 9.17) is 4.74 Å². The van der Waals surface area contributed by atoms with E-state index in [0.29, 0.717) is 12.1 Å². The fraction of sp³-hybridized carbons (Fsp3) is 0.412. The third-order valence-electron chi connectivity index (χ3n) is 3.98. The van der Waals surface area contributed by atoms with Gasteiger partial charge in [0.15, 0.2) is 0 Å². The zero-order chi connectivity index (χ0) is 13.9. The molecule has 1 aliphatic rings. The molecular formula is C17H21NOS. The molecular weight excluding hydrogens is 266 g/mol. The van der Waals surface area contributed by atoms with Gasteiger partial charge in [-0.05, 0) is 43.2 Å². The van der Waals surface area contributed by atoms with Gasteiger partial charge in [0.2, 0.25) is 0 Å². The molecule has 1 heterocycles. The normalized spacial score (nSPS) is 17.7. The molecule has 2 nitrogen and oxygen atoms in total. The summed E-state index contributed by atoms with van der Waals surface area (Å²) >= 11 is 1.85. The van der Waals surface area contributed by atoms with E-state index in [1.165, 1.54) is 23.3 Å². The molecule has 0 bridgehead atoms. The van der Waals surface area contributed by atoms with E-state index in [-0.39, 0.29) is 0 Å². The minimum atomic E-state index is 0.291. The first-order chi connectivity index (χ1) is 9.79. The molecule has 1 aliphatic carbocycles. The highest BCUT2D eigenvalue weighted by atomic mass is 32.1. The van der Waals surface area contributed by atoms with E-state index < -0.39 is 0 Å². The number of thiophene rings is 1. The Kier molecular flexibility index (Phi) is 4.08. The predicted octanol–water partition coefficient (Wildman–Crippen LogP) is 4.56. The number of rotatable bonds is 6. The van der Waals surface area contributed by atoms with Gasteiger partial charge in [-0.1, -0.05) is 24.3 Å². The fourth-order valence-electron chi connectivity index (χ4n) is 2.73. The molecule has 2 atom stereocenters. The van der Waals surface area contributed by atoms with Crippen molar-refractivity contribution in [3.05, 3.63) is 52.2 Å². The molecule has 1 N–H and O–H groups in total. The molecule has 0 radical (unpaired) electrons. The molecule has 2 aromatic rings. The Morgan fingerprint density at radius 2 is 2.00 bits per heavy atom. The molecule has 0 amide bonds. The summed E-state index contributed by atoms with van der Waals surface area (Å²) in [5.74, 6) is 1.76. The molecule has 1 unspecified atom stereocenters. The molecule has 1 fully saturated rings. The van der Waals surface area contributed by atoms with E-state index >= 15 is 0 Å². The van der Waals surface area contributed by atoms with Gasteiger partial charge in [0, 0.05) is 22.5 Å². The van der Waals surface area contributed by atoms with Crippen LogP contribution in [0.3, 0.4) is 0 Å². The molecule has 3 rings (SSSR count). The first kappa shape index (κ1) is 13.7. The summed E-state index contributed by atoms with van der Waals surface area (Å²) in [4.78, 5) is 1.45. The van der Waals surface area contributed by atoms with Crippen molar-refractivity contribution < 1.29 is 4.74 Å². The van der Waals surface area contributed by atoms with Crippen LogP contribution in [0.2, 0.25) is 0 Å². The van der Waals surface area contributed by atoms with Gasteiger partial charge in [-0.2, -0.15) is 0 Å². The van der Waals surface area contributed by atoms with Gasteiger partial charge in [-0.15, -0.1) is 11.3 Å². The minimum Gasteiger partial charge on any atom is -0.496 e. The van der Waals surface area contributed by atoms with Crippen molar-refractivity contribution in [2.45, 2.75) is 31.8 Å². The summed E-state index contributed by atoms with van der Waals surface area (Å²) in [5.41, 5.74) is 1.23. The summed E-state index contributed by atoms with van der Waals surface area (Å²) in [6, 6.07) is 13.4. The summed E-state index contributed by atoms with van der Waals surface area (Å²) in [6.45, 7) is 2.22. The Hall–Kier alpha value is -1.32. The van der Waals surface area contributed by atoms with Crippen molar-refractivity contribution in [3.8, 4) is 5.75 Å². The van der Waals surface area contributed by atoms with Crippen molar-refractivity contribution in [1.82, 2.24) is 5.32 Å². The zero-order valence-corrected chi connectivity index (χ0v) is 12.8. The molecule has 1 aromatic heterocycles. The van der Waals surface area contributed by atoms with Crippen molar-refractivity contribution in [1.29, 1.82) is 0 Å². The fourth-order valence-corrected chi connectivity index (χ4v) is 3.61. The van der Waals surface area contributed by atoms with Crippen LogP contribution in [0.5, 0.6) is 5.75 Å². The second kappa shape index (κ2) is 5.98. The average molecular weight is 287 g/mol. The number of benzene rings is 1. The van der Waals surface area contributed by atoms with Crippen LogP contribution in [0.4, 0.5) is 0 Å². The quantitative estimate of drug-likeness (QED) is 0.841. The highest BCUT2D eigenvalue weighted by molar-refractivity contribution is 7.10. The van der Waals surface area contributed by atoms with Gasteiger partial charge in [0.1, 0.15) is 5.75 Å². The lowest BCUT2D eigenvalue weighted by Gasteiger charge is -2.24. The number of nitrogens with one attached hydrogen (secondary N) is 1. The van der Waals surface area contributed by atoms with Crippen LogP contribution in [-0.4, -0.2) is 7.11 Å². The van der Waals surface area contributed by atoms with Gasteiger partial charge in [-0.3, -0.25) is 0 Å². The Balaban J connectivity index is 1.78. The molecule has 3 heteroatoms. The molecule has 20 heavy (non-hydrogen) atoms. The van der Waals surface area contributed by atoms with E-state index in [2.05, 4.69) is 41.9 Å². The predicted molar refractivity (Wildman–Crippen MR) is 84.3 cm³/mol. The Morgan fingerprint density at radius 3 is 2.65 bits per heavy atom. The Morgan fingerprint density at radius 1 is 1.20 bits per heavy atom. The second-order valence-corrected chi connectivity index (χ2v) is 6.44. The van der Waals surface area contributed by atoms with E-state index in [1.807, 2.05) is 23.5 Å². The maximum Gasteiger partial charge on any atom is 0.123 e. The first-order valence-corrected chi connectivity index (χ1v) is 8.10. The van der Waals surface area contributed by atoms with Crippen LogP contribution in [-0.2, 0) is 0 Å². The highest BCUT2D eigenvalue weighted by Gasteiger charge is 2.34. The Bertz CT molecular complexity index is 548. The number of para-hydroxylation sites is 1. The number of hydrogen-bond donors (Lipinski definition) is 1. The number of ether oxygens (including phenoxy) is 1. The molecule has 0 aliphatic heterocycles. The van der Waals surface area contributed by atoms with Crippen LogP contribution in [0.25, 0.3) is 0 Å². The maximum atomic E-state index is 5.48. The largest absolute Gasteiger partial charge is 0.496 e. The third-order valence-corrected chi connectivity index (χ3v) is 4.93. The monoisotopic (exact) mass is 287 g/mol.